The quantitative estimate of drug-likeness (QED) is 0.934. The molecule has 100 valence electrons. The molecule has 0 aliphatic heterocycles. The first-order chi connectivity index (χ1) is 9.71. The van der Waals surface area contributed by atoms with Crippen molar-refractivity contribution in [3.8, 4) is 17.8 Å². The van der Waals surface area contributed by atoms with Gasteiger partial charge in [0.15, 0.2) is 11.4 Å². The van der Waals surface area contributed by atoms with Gasteiger partial charge in [0, 0.05) is 11.0 Å². The highest BCUT2D eigenvalue weighted by molar-refractivity contribution is 9.10. The van der Waals surface area contributed by atoms with Crippen LogP contribution in [0, 0.1) is 22.7 Å². The van der Waals surface area contributed by atoms with Crippen LogP contribution in [0.5, 0.6) is 0 Å². The van der Waals surface area contributed by atoms with Crippen molar-refractivity contribution in [3.63, 3.8) is 0 Å². The van der Waals surface area contributed by atoms with Gasteiger partial charge in [-0.15, -0.1) is 0 Å². The molecular formula is C14H12BrN5. The molecule has 0 atom stereocenters. The Morgan fingerprint density at radius 3 is 2.80 bits per heavy atom. The molecule has 6 heteroatoms. The molecule has 0 saturated carbocycles. The van der Waals surface area contributed by atoms with Crippen LogP contribution < -0.4 is 5.32 Å². The van der Waals surface area contributed by atoms with Gasteiger partial charge in [0.25, 0.3) is 0 Å². The Hall–Kier alpha value is -2.15. The zero-order valence-corrected chi connectivity index (χ0v) is 12.5. The van der Waals surface area contributed by atoms with Gasteiger partial charge in [-0.3, -0.25) is 4.57 Å². The van der Waals surface area contributed by atoms with E-state index >= 15 is 0 Å². The maximum atomic E-state index is 9.23. The Bertz CT molecular complexity index is 705. The molecule has 0 saturated heterocycles. The van der Waals surface area contributed by atoms with Crippen molar-refractivity contribution < 1.29 is 0 Å². The highest BCUT2D eigenvalue weighted by Crippen LogP contribution is 2.23. The first kappa shape index (κ1) is 14.3. The summed E-state index contributed by atoms with van der Waals surface area (Å²) in [6.07, 6.45) is 1.51. The van der Waals surface area contributed by atoms with Crippen molar-refractivity contribution in [1.29, 1.82) is 10.5 Å². The predicted octanol–water partition coefficient (Wildman–Crippen LogP) is 2.49. The van der Waals surface area contributed by atoms with Crippen LogP contribution >= 0.6 is 15.9 Å². The first-order valence-electron chi connectivity index (χ1n) is 6.08. The molecule has 1 N–H and O–H groups in total. The lowest BCUT2D eigenvalue weighted by molar-refractivity contribution is 0.722. The number of nitriles is 2. The van der Waals surface area contributed by atoms with E-state index in [0.29, 0.717) is 6.54 Å². The van der Waals surface area contributed by atoms with Gasteiger partial charge in [-0.1, -0.05) is 28.9 Å². The fourth-order valence-corrected chi connectivity index (χ4v) is 2.24. The normalized spacial score (nSPS) is 10.0. The van der Waals surface area contributed by atoms with E-state index < -0.39 is 0 Å². The smallest absolute Gasteiger partial charge is 0.177 e. The van der Waals surface area contributed by atoms with E-state index in [2.05, 4.69) is 26.2 Å². The van der Waals surface area contributed by atoms with Gasteiger partial charge >= 0.3 is 0 Å². The summed E-state index contributed by atoms with van der Waals surface area (Å²) in [6.45, 7) is 3.57. The number of halogens is 1. The number of imidazole rings is 1. The lowest BCUT2D eigenvalue weighted by Gasteiger charge is -2.12. The molecule has 0 spiro atoms. The van der Waals surface area contributed by atoms with Gasteiger partial charge in [-0.2, -0.15) is 10.5 Å². The maximum Gasteiger partial charge on any atom is 0.177 e. The summed E-state index contributed by atoms with van der Waals surface area (Å²) in [6, 6.07) is 9.81. The Balaban J connectivity index is 2.57. The molecule has 0 unspecified atom stereocenters. The minimum absolute atomic E-state index is 0.141. The zero-order chi connectivity index (χ0) is 14.5. The van der Waals surface area contributed by atoms with E-state index in [1.165, 1.54) is 6.33 Å². The van der Waals surface area contributed by atoms with Crippen LogP contribution in [0.4, 0.5) is 0 Å². The summed E-state index contributed by atoms with van der Waals surface area (Å²) in [5.41, 5.74) is 2.27. The molecule has 2 aromatic rings. The van der Waals surface area contributed by atoms with Crippen molar-refractivity contribution in [1.82, 2.24) is 14.9 Å². The number of hydrogen-bond donors (Lipinski definition) is 1. The summed E-state index contributed by atoms with van der Waals surface area (Å²) in [7, 11) is 0. The van der Waals surface area contributed by atoms with Crippen molar-refractivity contribution in [2.24, 2.45) is 0 Å². The van der Waals surface area contributed by atoms with E-state index in [0.717, 1.165) is 22.3 Å². The minimum Gasteiger partial charge on any atom is -0.313 e. The molecular weight excluding hydrogens is 318 g/mol. The third-order valence-electron chi connectivity index (χ3n) is 2.85. The van der Waals surface area contributed by atoms with E-state index in [4.69, 9.17) is 5.26 Å². The third kappa shape index (κ3) is 2.72. The molecule has 0 aliphatic carbocycles. The summed E-state index contributed by atoms with van der Waals surface area (Å²) >= 11 is 3.43. The van der Waals surface area contributed by atoms with Crippen LogP contribution in [0.3, 0.4) is 0 Å². The van der Waals surface area contributed by atoms with Crippen molar-refractivity contribution in [2.75, 3.05) is 6.54 Å². The van der Waals surface area contributed by atoms with Gasteiger partial charge in [-0.05, 0) is 24.2 Å². The summed E-state index contributed by atoms with van der Waals surface area (Å²) in [4.78, 5) is 3.98. The van der Waals surface area contributed by atoms with Crippen molar-refractivity contribution >= 4 is 15.9 Å². The lowest BCUT2D eigenvalue weighted by Crippen LogP contribution is -2.14. The van der Waals surface area contributed by atoms with Gasteiger partial charge in [-0.25, -0.2) is 4.98 Å². The van der Waals surface area contributed by atoms with E-state index in [9.17, 15) is 5.26 Å². The largest absolute Gasteiger partial charge is 0.313 e. The molecule has 0 bridgehead atoms. The number of benzene rings is 1. The Morgan fingerprint density at radius 1 is 1.35 bits per heavy atom. The molecule has 1 heterocycles. The minimum atomic E-state index is 0.141. The maximum absolute atomic E-state index is 9.23. The molecule has 0 amide bonds. The van der Waals surface area contributed by atoms with Crippen LogP contribution in [-0.4, -0.2) is 16.1 Å². The molecule has 2 rings (SSSR count). The highest BCUT2D eigenvalue weighted by Gasteiger charge is 2.14. The van der Waals surface area contributed by atoms with Crippen LogP contribution in [-0.2, 0) is 6.54 Å². The summed E-state index contributed by atoms with van der Waals surface area (Å²) < 4.78 is 2.56. The van der Waals surface area contributed by atoms with Crippen molar-refractivity contribution in [3.05, 3.63) is 46.0 Å². The number of nitrogens with one attached hydrogen (secondary N) is 1. The highest BCUT2D eigenvalue weighted by atomic mass is 79.9. The first-order valence-corrected chi connectivity index (χ1v) is 6.87. The topological polar surface area (TPSA) is 77.4 Å². The summed E-state index contributed by atoms with van der Waals surface area (Å²) in [5.74, 6) is 0. The average Bonchev–Trinajstić information content (AvgIpc) is 2.88. The van der Waals surface area contributed by atoms with Crippen molar-refractivity contribution in [2.45, 2.75) is 13.5 Å². The fourth-order valence-electron chi connectivity index (χ4n) is 1.89. The van der Waals surface area contributed by atoms with Crippen LogP contribution in [0.15, 0.2) is 29.0 Å². The second-order valence-corrected chi connectivity index (χ2v) is 5.00. The zero-order valence-electron chi connectivity index (χ0n) is 10.9. The predicted molar refractivity (Wildman–Crippen MR) is 78.1 cm³/mol. The molecule has 0 aliphatic rings. The molecule has 20 heavy (non-hydrogen) atoms. The SMILES string of the molecule is CCNCc1ccc(Br)cc1-n1cnc(C#N)c1C#N. The standard InChI is InChI=1S/C14H12BrN5/c1-2-18-8-10-3-4-11(15)5-13(10)20-9-19-12(6-16)14(20)7-17/h3-5,9,18H,2,8H2,1H3. The van der Waals surface area contributed by atoms with Gasteiger partial charge in [0.1, 0.15) is 18.5 Å². The molecule has 0 radical (unpaired) electrons. The third-order valence-corrected chi connectivity index (χ3v) is 3.34. The molecule has 5 nitrogen and oxygen atoms in total. The van der Waals surface area contributed by atoms with Gasteiger partial charge in [0.05, 0.1) is 5.69 Å². The second kappa shape index (κ2) is 6.33. The Morgan fingerprint density at radius 2 is 2.15 bits per heavy atom. The fraction of sp³-hybridized carbons (Fsp3) is 0.214. The van der Waals surface area contributed by atoms with Crippen LogP contribution in [0.1, 0.15) is 23.9 Å². The molecule has 0 fully saturated rings. The Labute approximate surface area is 125 Å². The van der Waals surface area contributed by atoms with E-state index in [1.807, 2.05) is 37.3 Å². The Kier molecular flexibility index (Phi) is 4.52. The van der Waals surface area contributed by atoms with Gasteiger partial charge in [0.2, 0.25) is 0 Å². The second-order valence-electron chi connectivity index (χ2n) is 4.09. The summed E-state index contributed by atoms with van der Waals surface area (Å²) in [5, 5.41) is 21.5. The average molecular weight is 330 g/mol. The number of nitrogens with zero attached hydrogens (tertiary/aromatic N) is 4. The number of rotatable bonds is 4. The van der Waals surface area contributed by atoms with E-state index in [-0.39, 0.29) is 11.4 Å². The molecule has 1 aromatic heterocycles. The van der Waals surface area contributed by atoms with Crippen LogP contribution in [0.2, 0.25) is 0 Å². The van der Waals surface area contributed by atoms with Gasteiger partial charge < -0.3 is 5.32 Å². The monoisotopic (exact) mass is 329 g/mol. The van der Waals surface area contributed by atoms with Crippen LogP contribution in [0.25, 0.3) is 5.69 Å². The molecule has 1 aromatic carbocycles. The van der Waals surface area contributed by atoms with E-state index in [1.54, 1.807) is 4.57 Å². The number of hydrogen-bond acceptors (Lipinski definition) is 4. The number of aromatic nitrogens is 2. The lowest BCUT2D eigenvalue weighted by atomic mass is 10.1.